The second kappa shape index (κ2) is 11.1. The molecule has 2 amide bonds. The van der Waals surface area contributed by atoms with Crippen molar-refractivity contribution in [3.05, 3.63) is 18.6 Å². The number of hydrogen-bond acceptors (Lipinski definition) is 6. The number of amides is 2. The second-order valence-electron chi connectivity index (χ2n) is 5.92. The lowest BCUT2D eigenvalue weighted by molar-refractivity contribution is -0.133. The molecular formula is C15H26Cl2N6O2. The summed E-state index contributed by atoms with van der Waals surface area (Å²) in [5.41, 5.74) is 5.75. The maximum absolute atomic E-state index is 12.2. The molecule has 0 bridgehead atoms. The molecule has 0 spiro atoms. The van der Waals surface area contributed by atoms with Crippen molar-refractivity contribution < 1.29 is 9.59 Å². The van der Waals surface area contributed by atoms with Crippen LogP contribution in [-0.2, 0) is 9.59 Å². The van der Waals surface area contributed by atoms with Crippen molar-refractivity contribution >= 4 is 42.4 Å². The number of anilines is 1. The molecule has 1 aliphatic rings. The molecule has 10 heteroatoms. The highest BCUT2D eigenvalue weighted by molar-refractivity contribution is 5.87. The fourth-order valence-corrected chi connectivity index (χ4v) is 2.33. The summed E-state index contributed by atoms with van der Waals surface area (Å²) >= 11 is 0. The van der Waals surface area contributed by atoms with E-state index in [1.807, 2.05) is 13.8 Å². The molecule has 2 heterocycles. The van der Waals surface area contributed by atoms with Gasteiger partial charge in [-0.3, -0.25) is 14.6 Å². The Labute approximate surface area is 160 Å². The van der Waals surface area contributed by atoms with Gasteiger partial charge in [-0.05, 0) is 5.92 Å². The van der Waals surface area contributed by atoms with Crippen LogP contribution in [0.5, 0.6) is 0 Å². The first kappa shape index (κ1) is 23.4. The summed E-state index contributed by atoms with van der Waals surface area (Å²) in [5.74, 6) is 0.482. The zero-order valence-electron chi connectivity index (χ0n) is 14.4. The van der Waals surface area contributed by atoms with Crippen LogP contribution in [-0.4, -0.2) is 65.4 Å². The third-order valence-electron chi connectivity index (χ3n) is 3.94. The molecule has 25 heavy (non-hydrogen) atoms. The van der Waals surface area contributed by atoms with Crippen molar-refractivity contribution in [3.63, 3.8) is 0 Å². The van der Waals surface area contributed by atoms with Crippen LogP contribution in [0.1, 0.15) is 13.8 Å². The van der Waals surface area contributed by atoms with E-state index in [-0.39, 0.29) is 49.1 Å². The van der Waals surface area contributed by atoms with Crippen molar-refractivity contribution in [1.82, 2.24) is 20.2 Å². The average molecular weight is 393 g/mol. The Bertz CT molecular complexity index is 538. The molecule has 142 valence electrons. The number of piperazine rings is 1. The van der Waals surface area contributed by atoms with E-state index >= 15 is 0 Å². The van der Waals surface area contributed by atoms with Gasteiger partial charge in [0.2, 0.25) is 11.8 Å². The van der Waals surface area contributed by atoms with E-state index in [0.29, 0.717) is 26.2 Å². The van der Waals surface area contributed by atoms with Gasteiger partial charge in [-0.2, -0.15) is 0 Å². The summed E-state index contributed by atoms with van der Waals surface area (Å²) in [6.45, 7) is 6.33. The van der Waals surface area contributed by atoms with Crippen molar-refractivity contribution in [2.24, 2.45) is 11.7 Å². The monoisotopic (exact) mass is 392 g/mol. The largest absolute Gasteiger partial charge is 0.352 e. The van der Waals surface area contributed by atoms with Gasteiger partial charge in [-0.25, -0.2) is 4.98 Å². The molecule has 1 atom stereocenters. The van der Waals surface area contributed by atoms with Crippen LogP contribution < -0.4 is 16.0 Å². The quantitative estimate of drug-likeness (QED) is 0.734. The third kappa shape index (κ3) is 6.64. The van der Waals surface area contributed by atoms with Gasteiger partial charge < -0.3 is 20.9 Å². The standard InChI is InChI=1S/C15H24N6O2.2ClH/c1-11(2)14(16)15(23)19-10-13(22)21-7-5-20(6-8-21)12-9-17-3-4-18-12;;/h3-4,9,11,14H,5-8,10,16H2,1-2H3,(H,19,23);2*1H/t14-;;/m0../s1. The Morgan fingerprint density at radius 1 is 1.20 bits per heavy atom. The number of nitrogens with two attached hydrogens (primary N) is 1. The Hall–Kier alpha value is -1.64. The molecule has 8 nitrogen and oxygen atoms in total. The van der Waals surface area contributed by atoms with Crippen molar-refractivity contribution in [2.45, 2.75) is 19.9 Å². The normalized spacial score (nSPS) is 15.0. The van der Waals surface area contributed by atoms with E-state index in [0.717, 1.165) is 5.82 Å². The molecular weight excluding hydrogens is 367 g/mol. The Kier molecular flexibility index (Phi) is 10.3. The first-order valence-corrected chi connectivity index (χ1v) is 7.81. The van der Waals surface area contributed by atoms with Crippen LogP contribution in [0.4, 0.5) is 5.82 Å². The molecule has 1 saturated heterocycles. The molecule has 0 aliphatic carbocycles. The number of carbonyl (C=O) groups is 2. The van der Waals surface area contributed by atoms with Gasteiger partial charge in [0.1, 0.15) is 5.82 Å². The number of rotatable bonds is 5. The lowest BCUT2D eigenvalue weighted by Gasteiger charge is -2.35. The van der Waals surface area contributed by atoms with Gasteiger partial charge in [0.05, 0.1) is 18.8 Å². The Morgan fingerprint density at radius 3 is 2.36 bits per heavy atom. The molecule has 1 aromatic heterocycles. The molecule has 0 aromatic carbocycles. The van der Waals surface area contributed by atoms with Crippen molar-refractivity contribution in [3.8, 4) is 0 Å². The number of aromatic nitrogens is 2. The first-order chi connectivity index (χ1) is 11.0. The van der Waals surface area contributed by atoms with Crippen LogP contribution >= 0.6 is 24.8 Å². The molecule has 0 saturated carbocycles. The van der Waals surface area contributed by atoms with Crippen LogP contribution in [0.3, 0.4) is 0 Å². The molecule has 3 N–H and O–H groups in total. The van der Waals surface area contributed by atoms with Gasteiger partial charge in [0.25, 0.3) is 0 Å². The predicted octanol–water partition coefficient (Wildman–Crippen LogP) is 0.0683. The number of nitrogens with zero attached hydrogens (tertiary/aromatic N) is 4. The summed E-state index contributed by atoms with van der Waals surface area (Å²) in [4.78, 5) is 36.1. The number of carbonyl (C=O) groups excluding carboxylic acids is 2. The molecule has 0 unspecified atom stereocenters. The van der Waals surface area contributed by atoms with Gasteiger partial charge in [0.15, 0.2) is 0 Å². The third-order valence-corrected chi connectivity index (χ3v) is 3.94. The van der Waals surface area contributed by atoms with E-state index < -0.39 is 6.04 Å². The summed E-state index contributed by atoms with van der Waals surface area (Å²) in [6.07, 6.45) is 5.00. The van der Waals surface area contributed by atoms with E-state index in [9.17, 15) is 9.59 Å². The Morgan fingerprint density at radius 2 is 1.84 bits per heavy atom. The van der Waals surface area contributed by atoms with Gasteiger partial charge in [-0.1, -0.05) is 13.8 Å². The molecule has 1 fully saturated rings. The minimum absolute atomic E-state index is 0. The number of hydrogen-bond donors (Lipinski definition) is 2. The van der Waals surface area contributed by atoms with Gasteiger partial charge >= 0.3 is 0 Å². The molecule has 2 rings (SSSR count). The van der Waals surface area contributed by atoms with Crippen molar-refractivity contribution in [2.75, 3.05) is 37.6 Å². The molecule has 1 aliphatic heterocycles. The maximum atomic E-state index is 12.2. The number of nitrogens with one attached hydrogen (secondary N) is 1. The SMILES string of the molecule is CC(C)[C@H](N)C(=O)NCC(=O)N1CCN(c2cnccn2)CC1.Cl.Cl. The molecule has 1 aromatic rings. The lowest BCUT2D eigenvalue weighted by Crippen LogP contribution is -2.53. The number of halogens is 2. The van der Waals surface area contributed by atoms with E-state index in [1.165, 1.54) is 0 Å². The Balaban J connectivity index is 0.00000288. The van der Waals surface area contributed by atoms with Crippen LogP contribution in [0.25, 0.3) is 0 Å². The van der Waals surface area contributed by atoms with Crippen LogP contribution in [0, 0.1) is 5.92 Å². The fourth-order valence-electron chi connectivity index (χ4n) is 2.33. The topological polar surface area (TPSA) is 104 Å². The van der Waals surface area contributed by atoms with E-state index in [4.69, 9.17) is 5.73 Å². The van der Waals surface area contributed by atoms with Crippen LogP contribution in [0.15, 0.2) is 18.6 Å². The fraction of sp³-hybridized carbons (Fsp3) is 0.600. The second-order valence-corrected chi connectivity index (χ2v) is 5.92. The maximum Gasteiger partial charge on any atom is 0.242 e. The highest BCUT2D eigenvalue weighted by Gasteiger charge is 2.23. The minimum atomic E-state index is -0.587. The van der Waals surface area contributed by atoms with Crippen LogP contribution in [0.2, 0.25) is 0 Å². The summed E-state index contributed by atoms with van der Waals surface area (Å²) in [6, 6.07) is -0.587. The zero-order chi connectivity index (χ0) is 16.8. The predicted molar refractivity (Wildman–Crippen MR) is 101 cm³/mol. The summed E-state index contributed by atoms with van der Waals surface area (Å²) in [7, 11) is 0. The zero-order valence-corrected chi connectivity index (χ0v) is 16.1. The summed E-state index contributed by atoms with van der Waals surface area (Å²) in [5, 5.41) is 2.61. The minimum Gasteiger partial charge on any atom is -0.352 e. The van der Waals surface area contributed by atoms with E-state index in [2.05, 4.69) is 20.2 Å². The summed E-state index contributed by atoms with van der Waals surface area (Å²) < 4.78 is 0. The highest BCUT2D eigenvalue weighted by Crippen LogP contribution is 2.11. The lowest BCUT2D eigenvalue weighted by atomic mass is 10.1. The van der Waals surface area contributed by atoms with Crippen molar-refractivity contribution in [1.29, 1.82) is 0 Å². The first-order valence-electron chi connectivity index (χ1n) is 7.81. The highest BCUT2D eigenvalue weighted by atomic mass is 35.5. The van der Waals surface area contributed by atoms with Gasteiger partial charge in [-0.15, -0.1) is 24.8 Å². The van der Waals surface area contributed by atoms with E-state index in [1.54, 1.807) is 23.5 Å². The smallest absolute Gasteiger partial charge is 0.242 e. The average Bonchev–Trinajstić information content (AvgIpc) is 2.59. The van der Waals surface area contributed by atoms with Gasteiger partial charge in [0, 0.05) is 38.6 Å². The molecule has 0 radical (unpaired) electrons.